The molecule has 0 radical (unpaired) electrons. The highest BCUT2D eigenvalue weighted by Gasteiger charge is 2.21. The molecule has 1 aliphatic heterocycles. The minimum Gasteiger partial charge on any atom is -0.497 e. The van der Waals surface area contributed by atoms with E-state index in [-0.39, 0.29) is 36.3 Å². The van der Waals surface area contributed by atoms with E-state index in [0.29, 0.717) is 17.0 Å². The first-order valence-electron chi connectivity index (χ1n) is 13.3. The first kappa shape index (κ1) is 26.9. The van der Waals surface area contributed by atoms with Crippen molar-refractivity contribution in [2.45, 2.75) is 71.8 Å². The summed E-state index contributed by atoms with van der Waals surface area (Å²) < 4.78 is 14.7. The number of aromatic nitrogens is 2. The first-order chi connectivity index (χ1) is 17.7. The van der Waals surface area contributed by atoms with Gasteiger partial charge in [-0.25, -0.2) is 0 Å². The van der Waals surface area contributed by atoms with Gasteiger partial charge in [-0.05, 0) is 77.3 Å². The van der Waals surface area contributed by atoms with Gasteiger partial charge in [-0.1, -0.05) is 12.1 Å². The Balaban J connectivity index is 1.56. The number of nitrogens with zero attached hydrogens (tertiary/aromatic N) is 3. The topological polar surface area (TPSA) is 77.2 Å². The zero-order valence-corrected chi connectivity index (χ0v) is 22.7. The minimum atomic E-state index is -0.191. The first-order valence-corrected chi connectivity index (χ1v) is 13.3. The number of fused-ring (bicyclic) bond motifs is 1. The molecule has 1 N–H and O–H groups in total. The predicted octanol–water partition coefficient (Wildman–Crippen LogP) is 3.73. The van der Waals surface area contributed by atoms with E-state index in [1.54, 1.807) is 11.7 Å². The standard InChI is InChI=1S/C29H40N4O4/c1-20(2)30-28(34)19-33-27(24-10-8-11-25(14-24)36-5)18-32-17-23(13-26(32)29(33)35)9-6-7-12-31-15-21(3)37-22(4)16-31/h8,10-11,13-14,17-18,20-22H,6-7,9,12,15-16,19H2,1-5H3,(H,30,34)/t21-,22+. The van der Waals surface area contributed by atoms with Gasteiger partial charge >= 0.3 is 0 Å². The molecule has 1 amide bonds. The summed E-state index contributed by atoms with van der Waals surface area (Å²) in [5.74, 6) is 0.504. The lowest BCUT2D eigenvalue weighted by molar-refractivity contribution is -0.122. The Kier molecular flexibility index (Phi) is 8.71. The van der Waals surface area contributed by atoms with Gasteiger partial charge in [-0.3, -0.25) is 19.1 Å². The highest BCUT2D eigenvalue weighted by Crippen LogP contribution is 2.24. The molecule has 0 bridgehead atoms. The van der Waals surface area contributed by atoms with Gasteiger partial charge in [-0.2, -0.15) is 0 Å². The smallest absolute Gasteiger partial charge is 0.275 e. The van der Waals surface area contributed by atoms with Crippen molar-refractivity contribution in [2.75, 3.05) is 26.7 Å². The fraction of sp³-hybridized carbons (Fsp3) is 0.517. The lowest BCUT2D eigenvalue weighted by atomic mass is 10.1. The van der Waals surface area contributed by atoms with Gasteiger partial charge in [0, 0.05) is 37.1 Å². The van der Waals surface area contributed by atoms with E-state index in [1.165, 1.54) is 0 Å². The predicted molar refractivity (Wildman–Crippen MR) is 146 cm³/mol. The Morgan fingerprint density at radius 3 is 2.59 bits per heavy atom. The molecule has 1 fully saturated rings. The summed E-state index contributed by atoms with van der Waals surface area (Å²) in [6, 6.07) is 9.52. The average Bonchev–Trinajstić information content (AvgIpc) is 3.26. The fourth-order valence-corrected chi connectivity index (χ4v) is 5.21. The van der Waals surface area contributed by atoms with Crippen molar-refractivity contribution in [1.29, 1.82) is 0 Å². The van der Waals surface area contributed by atoms with Crippen LogP contribution >= 0.6 is 0 Å². The van der Waals surface area contributed by atoms with Gasteiger partial charge in [0.25, 0.3) is 5.56 Å². The van der Waals surface area contributed by atoms with E-state index in [2.05, 4.69) is 24.1 Å². The normalized spacial score (nSPS) is 18.4. The highest BCUT2D eigenvalue weighted by molar-refractivity contribution is 5.77. The second kappa shape index (κ2) is 12.0. The van der Waals surface area contributed by atoms with Gasteiger partial charge in [-0.15, -0.1) is 0 Å². The van der Waals surface area contributed by atoms with Crippen LogP contribution in [-0.4, -0.2) is 64.8 Å². The van der Waals surface area contributed by atoms with E-state index in [4.69, 9.17) is 9.47 Å². The second-order valence-corrected chi connectivity index (χ2v) is 10.5. The SMILES string of the molecule is COc1cccc(-c2cn3cc(CCCCN4C[C@@H](C)O[C@@H](C)C4)cc3c(=O)n2CC(=O)NC(C)C)c1. The molecule has 0 spiro atoms. The number of rotatable bonds is 10. The van der Waals surface area contributed by atoms with Crippen LogP contribution in [0.25, 0.3) is 16.8 Å². The number of nitrogens with one attached hydrogen (secondary N) is 1. The summed E-state index contributed by atoms with van der Waals surface area (Å²) in [7, 11) is 1.61. The molecule has 1 saturated heterocycles. The van der Waals surface area contributed by atoms with Crippen LogP contribution in [0.5, 0.6) is 5.75 Å². The molecule has 0 saturated carbocycles. The van der Waals surface area contributed by atoms with Crippen LogP contribution in [0, 0.1) is 0 Å². The maximum absolute atomic E-state index is 13.6. The van der Waals surface area contributed by atoms with Crippen LogP contribution < -0.4 is 15.6 Å². The van der Waals surface area contributed by atoms with Gasteiger partial charge < -0.3 is 19.2 Å². The Bertz CT molecular complexity index is 1270. The Hall–Kier alpha value is -3.10. The maximum Gasteiger partial charge on any atom is 0.275 e. The van der Waals surface area contributed by atoms with Crippen molar-refractivity contribution >= 4 is 11.4 Å². The van der Waals surface area contributed by atoms with Gasteiger partial charge in [0.1, 0.15) is 17.8 Å². The number of methoxy groups -OCH3 is 1. The Labute approximate surface area is 219 Å². The van der Waals surface area contributed by atoms with Crippen molar-refractivity contribution in [2.24, 2.45) is 0 Å². The molecular formula is C29H40N4O4. The van der Waals surface area contributed by atoms with Crippen molar-refractivity contribution in [1.82, 2.24) is 19.2 Å². The molecule has 2 atom stereocenters. The van der Waals surface area contributed by atoms with E-state index < -0.39 is 0 Å². The largest absolute Gasteiger partial charge is 0.497 e. The number of unbranched alkanes of at least 4 members (excludes halogenated alkanes) is 1. The van der Waals surface area contributed by atoms with Crippen molar-refractivity contribution in [3.8, 4) is 17.0 Å². The third-order valence-electron chi connectivity index (χ3n) is 6.72. The molecule has 8 heteroatoms. The number of carbonyl (C=O) groups is 1. The third-order valence-corrected chi connectivity index (χ3v) is 6.72. The van der Waals surface area contributed by atoms with Crippen LogP contribution in [0.15, 0.2) is 47.5 Å². The fourth-order valence-electron chi connectivity index (χ4n) is 5.21. The van der Waals surface area contributed by atoms with E-state index in [0.717, 1.165) is 50.0 Å². The molecule has 1 aromatic carbocycles. The summed E-state index contributed by atoms with van der Waals surface area (Å²) in [5.41, 5.74) is 3.02. The molecule has 3 heterocycles. The maximum atomic E-state index is 13.6. The Morgan fingerprint density at radius 1 is 1.14 bits per heavy atom. The van der Waals surface area contributed by atoms with Gasteiger partial charge in [0.05, 0.1) is 25.0 Å². The van der Waals surface area contributed by atoms with Gasteiger partial charge in [0.2, 0.25) is 5.91 Å². The number of hydrogen-bond donors (Lipinski definition) is 1. The molecule has 4 rings (SSSR count). The minimum absolute atomic E-state index is 0.00371. The van der Waals surface area contributed by atoms with Crippen molar-refractivity contribution in [3.63, 3.8) is 0 Å². The van der Waals surface area contributed by atoms with Crippen LogP contribution in [0.3, 0.4) is 0 Å². The molecule has 2 aromatic heterocycles. The number of aryl methyl sites for hydroxylation is 1. The zero-order valence-electron chi connectivity index (χ0n) is 22.7. The molecule has 8 nitrogen and oxygen atoms in total. The van der Waals surface area contributed by atoms with Crippen LogP contribution in [0.2, 0.25) is 0 Å². The molecule has 0 unspecified atom stereocenters. The third kappa shape index (κ3) is 6.81. The van der Waals surface area contributed by atoms with Crippen LogP contribution in [-0.2, 0) is 22.5 Å². The quantitative estimate of drug-likeness (QED) is 0.422. The molecule has 3 aromatic rings. The Morgan fingerprint density at radius 2 is 1.89 bits per heavy atom. The monoisotopic (exact) mass is 508 g/mol. The van der Waals surface area contributed by atoms with E-state index in [1.807, 2.05) is 61.0 Å². The summed E-state index contributed by atoms with van der Waals surface area (Å²) >= 11 is 0. The summed E-state index contributed by atoms with van der Waals surface area (Å²) in [5, 5.41) is 2.90. The van der Waals surface area contributed by atoms with E-state index >= 15 is 0 Å². The van der Waals surface area contributed by atoms with Crippen LogP contribution in [0.4, 0.5) is 0 Å². The zero-order chi connectivity index (χ0) is 26.5. The summed E-state index contributed by atoms with van der Waals surface area (Å²) in [6.45, 7) is 11.1. The average molecular weight is 509 g/mol. The highest BCUT2D eigenvalue weighted by atomic mass is 16.5. The lowest BCUT2D eigenvalue weighted by Gasteiger charge is -2.35. The molecule has 37 heavy (non-hydrogen) atoms. The lowest BCUT2D eigenvalue weighted by Crippen LogP contribution is -2.45. The summed E-state index contributed by atoms with van der Waals surface area (Å²) in [4.78, 5) is 28.8. The van der Waals surface area contributed by atoms with E-state index in [9.17, 15) is 9.59 Å². The van der Waals surface area contributed by atoms with Crippen molar-refractivity contribution in [3.05, 3.63) is 58.6 Å². The number of ether oxygens (including phenoxy) is 2. The number of amides is 1. The van der Waals surface area contributed by atoms with Crippen molar-refractivity contribution < 1.29 is 14.3 Å². The number of morpholine rings is 1. The molecule has 1 aliphatic rings. The molecular weight excluding hydrogens is 468 g/mol. The van der Waals surface area contributed by atoms with Gasteiger partial charge in [0.15, 0.2) is 0 Å². The molecule has 0 aliphatic carbocycles. The summed E-state index contributed by atoms with van der Waals surface area (Å²) in [6.07, 6.45) is 7.59. The van der Waals surface area contributed by atoms with Crippen LogP contribution in [0.1, 0.15) is 46.1 Å². The molecule has 200 valence electrons. The number of hydrogen-bond acceptors (Lipinski definition) is 5. The second-order valence-electron chi connectivity index (χ2n) is 10.5. The number of carbonyl (C=O) groups excluding carboxylic acids is 1. The number of benzene rings is 1.